The van der Waals surface area contributed by atoms with Gasteiger partial charge in [0.2, 0.25) is 5.91 Å². The third-order valence-electron chi connectivity index (χ3n) is 4.78. The number of ether oxygens (including phenoxy) is 2. The lowest BCUT2D eigenvalue weighted by Gasteiger charge is -2.25. The van der Waals surface area contributed by atoms with Crippen LogP contribution in [0.5, 0.6) is 5.75 Å². The van der Waals surface area contributed by atoms with Crippen LogP contribution < -0.4 is 16.4 Å². The number of aromatic hydroxyl groups is 1. The van der Waals surface area contributed by atoms with Crippen molar-refractivity contribution in [3.05, 3.63) is 95.0 Å². The van der Waals surface area contributed by atoms with Crippen molar-refractivity contribution in [1.29, 1.82) is 0 Å². The number of nitrogens with one attached hydrogen (secondary N) is 2. The first-order valence-electron chi connectivity index (χ1n) is 10.2. The number of benzene rings is 3. The highest BCUT2D eigenvalue weighted by Crippen LogP contribution is 2.34. The van der Waals surface area contributed by atoms with Gasteiger partial charge in [-0.2, -0.15) is 0 Å². The number of nitrogens with two attached hydrogens (primary N) is 1. The largest absolute Gasteiger partial charge is 0.508 e. The fraction of sp³-hybridized carbons (Fsp3) is 0.120. The molecule has 0 aliphatic carbocycles. The molecule has 176 valence electrons. The summed E-state index contributed by atoms with van der Waals surface area (Å²) in [5.41, 5.74) is 7.58. The molecule has 0 aromatic heterocycles. The molecular weight excluding hydrogens is 502 g/mol. The Bertz CT molecular complexity index is 1170. The Balaban J connectivity index is 1.83. The number of anilines is 3. The molecule has 9 heteroatoms. The summed E-state index contributed by atoms with van der Waals surface area (Å²) < 4.78 is 11.8. The van der Waals surface area contributed by atoms with Gasteiger partial charge in [0.25, 0.3) is 0 Å². The lowest BCUT2D eigenvalue weighted by molar-refractivity contribution is -0.112. The number of hydrogen-bond acceptors (Lipinski definition) is 6. The maximum absolute atomic E-state index is 12.6. The molecule has 0 spiro atoms. The molecule has 0 saturated heterocycles. The average Bonchev–Trinajstić information content (AvgIpc) is 2.82. The molecule has 8 nitrogen and oxygen atoms in total. The normalized spacial score (nSPS) is 12.6. The van der Waals surface area contributed by atoms with Crippen molar-refractivity contribution in [3.8, 4) is 5.75 Å². The third kappa shape index (κ3) is 6.84. The van der Waals surface area contributed by atoms with Crippen LogP contribution >= 0.6 is 15.9 Å². The number of rotatable bonds is 8. The number of carbonyl (C=O) groups excluding carboxylic acids is 2. The van der Waals surface area contributed by atoms with E-state index in [1.54, 1.807) is 60.7 Å². The van der Waals surface area contributed by atoms with Crippen molar-refractivity contribution in [2.24, 2.45) is 0 Å². The number of hydrogen-bond donors (Lipinski definition) is 4. The van der Waals surface area contributed by atoms with E-state index in [4.69, 9.17) is 15.2 Å². The summed E-state index contributed by atoms with van der Waals surface area (Å²) in [7, 11) is 1.41. The molecule has 2 amide bonds. The van der Waals surface area contributed by atoms with Gasteiger partial charge in [-0.3, -0.25) is 10.1 Å². The summed E-state index contributed by atoms with van der Waals surface area (Å²) in [6, 6.07) is 20.4. The summed E-state index contributed by atoms with van der Waals surface area (Å²) in [6.07, 6.45) is -0.0405. The summed E-state index contributed by atoms with van der Waals surface area (Å²) in [5, 5.41) is 15.8. The van der Waals surface area contributed by atoms with E-state index in [1.165, 1.54) is 25.3 Å². The molecule has 0 aliphatic heterocycles. The maximum Gasteiger partial charge on any atom is 0.412 e. The Hall–Kier alpha value is -3.82. The molecule has 3 aromatic carbocycles. The molecule has 5 N–H and O–H groups in total. The number of phenols is 1. The molecule has 0 radical (unpaired) electrons. The molecule has 0 saturated carbocycles. The number of methoxy groups -OCH3 is 1. The third-order valence-corrected chi connectivity index (χ3v) is 5.27. The van der Waals surface area contributed by atoms with E-state index in [2.05, 4.69) is 26.6 Å². The number of amides is 2. The highest BCUT2D eigenvalue weighted by atomic mass is 79.9. The van der Waals surface area contributed by atoms with Gasteiger partial charge in [-0.1, -0.05) is 46.3 Å². The molecular formula is C25H24BrN3O5. The van der Waals surface area contributed by atoms with Crippen molar-refractivity contribution >= 4 is 45.0 Å². The molecule has 3 rings (SSSR count). The summed E-state index contributed by atoms with van der Waals surface area (Å²) in [4.78, 5) is 25.1. The Kier molecular flexibility index (Phi) is 8.66. The zero-order chi connectivity index (χ0) is 24.5. The summed E-state index contributed by atoms with van der Waals surface area (Å²) >= 11 is 3.36. The van der Waals surface area contributed by atoms with E-state index in [1.807, 2.05) is 6.07 Å². The molecule has 3 aromatic rings. The lowest BCUT2D eigenvalue weighted by Crippen LogP contribution is -2.27. The topological polar surface area (TPSA) is 123 Å². The first-order chi connectivity index (χ1) is 16.4. The second kappa shape index (κ2) is 11.9. The van der Waals surface area contributed by atoms with E-state index in [0.717, 1.165) is 0 Å². The van der Waals surface area contributed by atoms with Crippen molar-refractivity contribution in [1.82, 2.24) is 0 Å². The number of para-hydroxylation sites is 3. The number of halogens is 1. The van der Waals surface area contributed by atoms with E-state index in [-0.39, 0.29) is 5.75 Å². The minimum absolute atomic E-state index is 0.0994. The SMILES string of the molecule is CO[C@@H](/C=C/C(=O)Nc1ccccc1N)[C@@H](OC(=O)Nc1ccccc1)c1cc(Br)ccc1O. The maximum atomic E-state index is 12.6. The Labute approximate surface area is 205 Å². The van der Waals surface area contributed by atoms with Crippen LogP contribution in [0.25, 0.3) is 0 Å². The van der Waals surface area contributed by atoms with Crippen LogP contribution in [0.2, 0.25) is 0 Å². The van der Waals surface area contributed by atoms with Gasteiger partial charge in [-0.05, 0) is 48.5 Å². The lowest BCUT2D eigenvalue weighted by atomic mass is 10.0. The molecule has 0 heterocycles. The Morgan fingerprint density at radius 1 is 1.03 bits per heavy atom. The highest BCUT2D eigenvalue weighted by molar-refractivity contribution is 9.10. The zero-order valence-corrected chi connectivity index (χ0v) is 19.9. The minimum Gasteiger partial charge on any atom is -0.508 e. The second-order valence-corrected chi connectivity index (χ2v) is 8.07. The fourth-order valence-corrected chi connectivity index (χ4v) is 3.49. The first-order valence-corrected chi connectivity index (χ1v) is 11.0. The quantitative estimate of drug-likeness (QED) is 0.235. The van der Waals surface area contributed by atoms with E-state index >= 15 is 0 Å². The van der Waals surface area contributed by atoms with Crippen molar-refractivity contribution in [3.63, 3.8) is 0 Å². The predicted molar refractivity (Wildman–Crippen MR) is 135 cm³/mol. The van der Waals surface area contributed by atoms with Gasteiger partial charge in [0.1, 0.15) is 11.9 Å². The van der Waals surface area contributed by atoms with Crippen molar-refractivity contribution in [2.75, 3.05) is 23.5 Å². The Morgan fingerprint density at radius 3 is 2.44 bits per heavy atom. The monoisotopic (exact) mass is 525 g/mol. The molecule has 0 bridgehead atoms. The van der Waals surface area contributed by atoms with Crippen LogP contribution in [0.15, 0.2) is 89.4 Å². The summed E-state index contributed by atoms with van der Waals surface area (Å²) in [6.45, 7) is 0. The minimum atomic E-state index is -1.07. The molecule has 0 aliphatic rings. The number of phenolic OH excluding ortho intramolecular Hbond substituents is 1. The molecule has 0 fully saturated rings. The number of carbonyl (C=O) groups is 2. The summed E-state index contributed by atoms with van der Waals surface area (Å²) in [5.74, 6) is -0.552. The fourth-order valence-electron chi connectivity index (χ4n) is 3.12. The van der Waals surface area contributed by atoms with Gasteiger partial charge >= 0.3 is 6.09 Å². The van der Waals surface area contributed by atoms with Crippen LogP contribution in [0, 0.1) is 0 Å². The first kappa shape index (κ1) is 24.8. The van der Waals surface area contributed by atoms with Crippen molar-refractivity contribution < 1.29 is 24.2 Å². The van der Waals surface area contributed by atoms with Crippen LogP contribution in [0.3, 0.4) is 0 Å². The van der Waals surface area contributed by atoms with Gasteiger partial charge in [0, 0.05) is 28.9 Å². The van der Waals surface area contributed by atoms with Crippen molar-refractivity contribution in [2.45, 2.75) is 12.2 Å². The van der Waals surface area contributed by atoms with Gasteiger partial charge < -0.3 is 25.6 Å². The van der Waals surface area contributed by atoms with Gasteiger partial charge in [-0.15, -0.1) is 0 Å². The zero-order valence-electron chi connectivity index (χ0n) is 18.3. The second-order valence-electron chi connectivity index (χ2n) is 7.16. The molecule has 0 unspecified atom stereocenters. The van der Waals surface area contributed by atoms with E-state index in [0.29, 0.717) is 27.1 Å². The number of nitrogen functional groups attached to an aromatic ring is 1. The van der Waals surface area contributed by atoms with Crippen LogP contribution in [0.4, 0.5) is 21.9 Å². The highest BCUT2D eigenvalue weighted by Gasteiger charge is 2.28. The predicted octanol–water partition coefficient (Wildman–Crippen LogP) is 5.24. The van der Waals surface area contributed by atoms with Crippen LogP contribution in [-0.4, -0.2) is 30.3 Å². The van der Waals surface area contributed by atoms with Crippen LogP contribution in [-0.2, 0) is 14.3 Å². The standard InChI is InChI=1S/C25H24BrN3O5/c1-33-22(13-14-23(31)29-20-10-6-5-9-19(20)27)24(18-15-16(26)11-12-21(18)30)34-25(32)28-17-7-3-2-4-8-17/h2-15,22,24,30H,27H2,1H3,(H,28,32)(H,29,31)/b14-13+/t22-,24-/m0/s1. The van der Waals surface area contributed by atoms with Crippen LogP contribution in [0.1, 0.15) is 11.7 Å². The average molecular weight is 526 g/mol. The van der Waals surface area contributed by atoms with E-state index < -0.39 is 24.2 Å². The molecule has 34 heavy (non-hydrogen) atoms. The smallest absolute Gasteiger partial charge is 0.412 e. The Morgan fingerprint density at radius 2 is 1.74 bits per heavy atom. The van der Waals surface area contributed by atoms with Gasteiger partial charge in [0.05, 0.1) is 11.4 Å². The van der Waals surface area contributed by atoms with Gasteiger partial charge in [0.15, 0.2) is 6.10 Å². The van der Waals surface area contributed by atoms with Gasteiger partial charge in [-0.25, -0.2) is 4.79 Å². The molecule has 2 atom stereocenters. The van der Waals surface area contributed by atoms with E-state index in [9.17, 15) is 14.7 Å².